The molecule has 1 aliphatic heterocycles. The van der Waals surface area contributed by atoms with Crippen LogP contribution in [0.5, 0.6) is 5.75 Å². The van der Waals surface area contributed by atoms with Gasteiger partial charge in [-0.15, -0.1) is 0 Å². The van der Waals surface area contributed by atoms with E-state index in [4.69, 9.17) is 15.0 Å². The highest BCUT2D eigenvalue weighted by atomic mass is 16.5. The number of aromatic nitrogens is 1. The van der Waals surface area contributed by atoms with Crippen molar-refractivity contribution in [3.05, 3.63) is 35.2 Å². The molecule has 0 aliphatic carbocycles. The van der Waals surface area contributed by atoms with Gasteiger partial charge in [0, 0.05) is 5.56 Å². The first-order chi connectivity index (χ1) is 10.5. The van der Waals surface area contributed by atoms with Gasteiger partial charge in [0.05, 0.1) is 17.9 Å². The average Bonchev–Trinajstić information content (AvgIpc) is 2.81. The number of anilines is 2. The summed E-state index contributed by atoms with van der Waals surface area (Å²) in [6, 6.07) is 5.42. The van der Waals surface area contributed by atoms with Crippen LogP contribution in [0, 0.1) is 13.8 Å². The molecule has 0 spiro atoms. The Kier molecular flexibility index (Phi) is 3.52. The number of nitrogens with zero attached hydrogens (tertiary/aromatic N) is 2. The Morgan fingerprint density at radius 3 is 2.77 bits per heavy atom. The first kappa shape index (κ1) is 14.4. The summed E-state index contributed by atoms with van der Waals surface area (Å²) >= 11 is 0. The fraction of sp³-hybridized carbons (Fsp3) is 0.375. The zero-order chi connectivity index (χ0) is 15.9. The topological polar surface area (TPSA) is 81.6 Å². The van der Waals surface area contributed by atoms with Crippen LogP contribution >= 0.6 is 0 Å². The van der Waals surface area contributed by atoms with Gasteiger partial charge in [-0.3, -0.25) is 9.69 Å². The number of hydrogen-bond donors (Lipinski definition) is 1. The van der Waals surface area contributed by atoms with E-state index in [1.54, 1.807) is 11.0 Å². The lowest BCUT2D eigenvalue weighted by Gasteiger charge is -2.34. The molecule has 22 heavy (non-hydrogen) atoms. The molecular weight excluding hydrogens is 282 g/mol. The molecule has 2 heterocycles. The third-order valence-corrected chi connectivity index (χ3v) is 3.98. The molecule has 1 aromatic heterocycles. The van der Waals surface area contributed by atoms with Crippen molar-refractivity contribution in [2.45, 2.75) is 39.8 Å². The van der Waals surface area contributed by atoms with Gasteiger partial charge in [0.15, 0.2) is 6.10 Å². The number of nitrogen functional groups attached to an aromatic ring is 1. The summed E-state index contributed by atoms with van der Waals surface area (Å²) in [5, 5.41) is 3.95. The monoisotopic (exact) mass is 301 g/mol. The molecule has 116 valence electrons. The number of aryl methyl sites for hydroxylation is 2. The first-order valence-electron chi connectivity index (χ1n) is 7.31. The zero-order valence-electron chi connectivity index (χ0n) is 12.9. The van der Waals surface area contributed by atoms with E-state index in [9.17, 15) is 4.79 Å². The molecule has 1 amide bonds. The summed E-state index contributed by atoms with van der Waals surface area (Å²) in [4.78, 5) is 14.4. The molecule has 0 saturated heterocycles. The van der Waals surface area contributed by atoms with Crippen LogP contribution in [-0.4, -0.2) is 17.2 Å². The molecule has 1 atom stereocenters. The van der Waals surface area contributed by atoms with Crippen molar-refractivity contribution in [3.8, 4) is 5.75 Å². The molecule has 3 rings (SSSR count). The minimum Gasteiger partial charge on any atom is -0.478 e. The Morgan fingerprint density at radius 1 is 1.36 bits per heavy atom. The lowest BCUT2D eigenvalue weighted by molar-refractivity contribution is -0.126. The average molecular weight is 301 g/mol. The Balaban J connectivity index is 2.07. The molecule has 1 unspecified atom stereocenters. The van der Waals surface area contributed by atoms with Crippen LogP contribution in [0.15, 0.2) is 22.7 Å². The van der Waals surface area contributed by atoms with E-state index in [-0.39, 0.29) is 5.91 Å². The second-order valence-corrected chi connectivity index (χ2v) is 5.44. The molecule has 0 fully saturated rings. The Hall–Kier alpha value is -2.50. The minimum absolute atomic E-state index is 0.0899. The standard InChI is InChI=1S/C16H19N3O3/c1-4-13-16(20)19(8-11-9(2)18-22-10(11)3)15-12(17)6-5-7-14(15)21-13/h5-7,13H,4,8,17H2,1-3H3. The molecule has 1 aromatic carbocycles. The predicted octanol–water partition coefficient (Wildman–Crippen LogP) is 2.58. The van der Waals surface area contributed by atoms with Gasteiger partial charge in [-0.25, -0.2) is 0 Å². The molecular formula is C16H19N3O3. The third kappa shape index (κ3) is 2.20. The lowest BCUT2D eigenvalue weighted by Crippen LogP contribution is -2.45. The number of para-hydroxylation sites is 1. The number of carbonyl (C=O) groups is 1. The molecule has 0 saturated carbocycles. The fourth-order valence-corrected chi connectivity index (χ4v) is 2.71. The number of hydrogen-bond acceptors (Lipinski definition) is 5. The lowest BCUT2D eigenvalue weighted by atomic mass is 10.1. The van der Waals surface area contributed by atoms with Gasteiger partial charge in [-0.1, -0.05) is 18.1 Å². The van der Waals surface area contributed by atoms with Gasteiger partial charge in [0.25, 0.3) is 5.91 Å². The number of amides is 1. The molecule has 0 radical (unpaired) electrons. The predicted molar refractivity (Wildman–Crippen MR) is 82.7 cm³/mol. The Bertz CT molecular complexity index is 704. The second kappa shape index (κ2) is 5.36. The normalized spacial score (nSPS) is 17.3. The van der Waals surface area contributed by atoms with E-state index in [2.05, 4.69) is 5.16 Å². The number of carbonyl (C=O) groups excluding carboxylic acids is 1. The van der Waals surface area contributed by atoms with Gasteiger partial charge in [-0.2, -0.15) is 0 Å². The summed E-state index contributed by atoms with van der Waals surface area (Å²) in [5.74, 6) is 1.26. The molecule has 2 aromatic rings. The molecule has 2 N–H and O–H groups in total. The van der Waals surface area contributed by atoms with Crippen molar-refractivity contribution >= 4 is 17.3 Å². The van der Waals surface area contributed by atoms with Gasteiger partial charge in [0.2, 0.25) is 0 Å². The SMILES string of the molecule is CCC1Oc2cccc(N)c2N(Cc2c(C)noc2C)C1=O. The first-order valence-corrected chi connectivity index (χ1v) is 7.31. The van der Waals surface area contributed by atoms with E-state index >= 15 is 0 Å². The number of fused-ring (bicyclic) bond motifs is 1. The second-order valence-electron chi connectivity index (χ2n) is 5.44. The van der Waals surface area contributed by atoms with Crippen LogP contribution in [-0.2, 0) is 11.3 Å². The largest absolute Gasteiger partial charge is 0.478 e. The fourth-order valence-electron chi connectivity index (χ4n) is 2.71. The van der Waals surface area contributed by atoms with Crippen LogP contribution in [0.2, 0.25) is 0 Å². The van der Waals surface area contributed by atoms with E-state index < -0.39 is 6.10 Å². The number of rotatable bonds is 3. The van der Waals surface area contributed by atoms with Crippen molar-refractivity contribution in [3.63, 3.8) is 0 Å². The van der Waals surface area contributed by atoms with Gasteiger partial charge in [0.1, 0.15) is 17.2 Å². The summed E-state index contributed by atoms with van der Waals surface area (Å²) in [6.07, 6.45) is 0.111. The Labute approximate surface area is 128 Å². The molecule has 6 nitrogen and oxygen atoms in total. The number of nitrogens with two attached hydrogens (primary N) is 1. The third-order valence-electron chi connectivity index (χ3n) is 3.98. The van der Waals surface area contributed by atoms with Crippen LogP contribution in [0.1, 0.15) is 30.4 Å². The summed E-state index contributed by atoms with van der Waals surface area (Å²) in [6.45, 7) is 6.01. The van der Waals surface area contributed by atoms with Crippen LogP contribution in [0.4, 0.5) is 11.4 Å². The van der Waals surface area contributed by atoms with E-state index in [1.165, 1.54) is 0 Å². The highest BCUT2D eigenvalue weighted by Crippen LogP contribution is 2.40. The van der Waals surface area contributed by atoms with Crippen LogP contribution in [0.25, 0.3) is 0 Å². The molecule has 1 aliphatic rings. The number of ether oxygens (including phenoxy) is 1. The van der Waals surface area contributed by atoms with Gasteiger partial charge < -0.3 is 15.0 Å². The summed E-state index contributed by atoms with van der Waals surface area (Å²) in [7, 11) is 0. The van der Waals surface area contributed by atoms with E-state index in [1.807, 2.05) is 32.9 Å². The van der Waals surface area contributed by atoms with Crippen LogP contribution < -0.4 is 15.4 Å². The summed E-state index contributed by atoms with van der Waals surface area (Å²) < 4.78 is 11.0. The van der Waals surface area contributed by atoms with Crippen molar-refractivity contribution < 1.29 is 14.1 Å². The van der Waals surface area contributed by atoms with Gasteiger partial charge in [-0.05, 0) is 32.4 Å². The minimum atomic E-state index is -0.491. The quantitative estimate of drug-likeness (QED) is 0.881. The maximum Gasteiger partial charge on any atom is 0.268 e. The van der Waals surface area contributed by atoms with Gasteiger partial charge >= 0.3 is 0 Å². The molecule has 6 heteroatoms. The highest BCUT2D eigenvalue weighted by molar-refractivity contribution is 6.02. The Morgan fingerprint density at radius 2 is 2.14 bits per heavy atom. The smallest absolute Gasteiger partial charge is 0.268 e. The van der Waals surface area contributed by atoms with Crippen molar-refractivity contribution in [2.75, 3.05) is 10.6 Å². The van der Waals surface area contributed by atoms with E-state index in [0.29, 0.717) is 35.9 Å². The zero-order valence-corrected chi connectivity index (χ0v) is 12.9. The summed E-state index contributed by atoms with van der Waals surface area (Å²) in [5.41, 5.74) is 8.90. The van der Waals surface area contributed by atoms with Crippen LogP contribution in [0.3, 0.4) is 0 Å². The number of benzene rings is 1. The molecule has 0 bridgehead atoms. The van der Waals surface area contributed by atoms with Crippen molar-refractivity contribution in [1.82, 2.24) is 5.16 Å². The van der Waals surface area contributed by atoms with Crippen molar-refractivity contribution in [2.24, 2.45) is 0 Å². The maximum absolute atomic E-state index is 12.7. The van der Waals surface area contributed by atoms with Crippen molar-refractivity contribution in [1.29, 1.82) is 0 Å². The van der Waals surface area contributed by atoms with E-state index in [0.717, 1.165) is 11.3 Å². The highest BCUT2D eigenvalue weighted by Gasteiger charge is 2.35. The maximum atomic E-state index is 12.7.